The number of imidazole rings is 1. The minimum absolute atomic E-state index is 0.195. The molecule has 0 unspecified atom stereocenters. The summed E-state index contributed by atoms with van der Waals surface area (Å²) in [7, 11) is 0. The third-order valence-electron chi connectivity index (χ3n) is 3.31. The number of nitrogens with one attached hydrogen (secondary N) is 1. The molecule has 2 aromatic heterocycles. The van der Waals surface area contributed by atoms with Crippen LogP contribution in [0, 0.1) is 12.7 Å². The third-order valence-corrected chi connectivity index (χ3v) is 3.31. The molecule has 5 heteroatoms. The van der Waals surface area contributed by atoms with Crippen LogP contribution in [0.1, 0.15) is 11.3 Å². The number of rotatable bonds is 3. The zero-order valence-corrected chi connectivity index (χ0v) is 11.5. The quantitative estimate of drug-likeness (QED) is 0.803. The van der Waals surface area contributed by atoms with Crippen LogP contribution in [0.5, 0.6) is 0 Å². The number of nitrogens with zero attached hydrogens (tertiary/aromatic N) is 2. The summed E-state index contributed by atoms with van der Waals surface area (Å²) in [5.74, 6) is -0.524. The van der Waals surface area contributed by atoms with Crippen molar-refractivity contribution in [3.8, 4) is 0 Å². The summed E-state index contributed by atoms with van der Waals surface area (Å²) in [5.41, 5.74) is 2.63. The molecule has 1 N–H and O–H groups in total. The first-order valence-electron chi connectivity index (χ1n) is 6.60. The van der Waals surface area contributed by atoms with Crippen LogP contribution in [0.2, 0.25) is 0 Å². The Labute approximate surface area is 121 Å². The van der Waals surface area contributed by atoms with Crippen molar-refractivity contribution in [2.75, 3.05) is 5.32 Å². The SMILES string of the molecule is Cc1ccc(NC(=O)Cc2cccc3nccn23)cc1F. The van der Waals surface area contributed by atoms with E-state index in [0.29, 0.717) is 11.3 Å². The second-order valence-corrected chi connectivity index (χ2v) is 4.86. The standard InChI is InChI=1S/C16H14FN3O/c1-11-5-6-12(9-14(11)17)19-16(21)10-13-3-2-4-15-18-7-8-20(13)15/h2-9H,10H2,1H3,(H,19,21). The van der Waals surface area contributed by atoms with Gasteiger partial charge >= 0.3 is 0 Å². The Morgan fingerprint density at radius 2 is 2.19 bits per heavy atom. The van der Waals surface area contributed by atoms with Crippen LogP contribution in [0.25, 0.3) is 5.65 Å². The summed E-state index contributed by atoms with van der Waals surface area (Å²) in [6, 6.07) is 10.2. The van der Waals surface area contributed by atoms with Crippen molar-refractivity contribution in [2.45, 2.75) is 13.3 Å². The van der Waals surface area contributed by atoms with Crippen molar-refractivity contribution >= 4 is 17.2 Å². The van der Waals surface area contributed by atoms with E-state index in [1.165, 1.54) is 6.07 Å². The number of fused-ring (bicyclic) bond motifs is 1. The second kappa shape index (κ2) is 5.36. The Morgan fingerprint density at radius 3 is 3.00 bits per heavy atom. The Morgan fingerprint density at radius 1 is 1.33 bits per heavy atom. The van der Waals surface area contributed by atoms with Gasteiger partial charge in [-0.1, -0.05) is 12.1 Å². The number of hydrogen-bond donors (Lipinski definition) is 1. The molecule has 0 aliphatic heterocycles. The number of halogens is 1. The fourth-order valence-electron chi connectivity index (χ4n) is 2.19. The molecule has 0 aliphatic carbocycles. The Bertz CT molecular complexity index is 810. The van der Waals surface area contributed by atoms with Gasteiger partial charge < -0.3 is 9.72 Å². The lowest BCUT2D eigenvalue weighted by molar-refractivity contribution is -0.115. The Hall–Kier alpha value is -2.69. The first-order chi connectivity index (χ1) is 10.1. The van der Waals surface area contributed by atoms with Crippen LogP contribution in [0.3, 0.4) is 0 Å². The predicted octanol–water partition coefficient (Wildman–Crippen LogP) is 2.96. The van der Waals surface area contributed by atoms with E-state index < -0.39 is 0 Å². The van der Waals surface area contributed by atoms with Gasteiger partial charge in [0.25, 0.3) is 0 Å². The highest BCUT2D eigenvalue weighted by Gasteiger charge is 2.08. The monoisotopic (exact) mass is 283 g/mol. The highest BCUT2D eigenvalue weighted by molar-refractivity contribution is 5.92. The average molecular weight is 283 g/mol. The second-order valence-electron chi connectivity index (χ2n) is 4.86. The lowest BCUT2D eigenvalue weighted by atomic mass is 10.2. The molecule has 0 radical (unpaired) electrons. The van der Waals surface area contributed by atoms with Gasteiger partial charge in [-0.15, -0.1) is 0 Å². The molecule has 106 valence electrons. The zero-order valence-electron chi connectivity index (χ0n) is 11.5. The maximum absolute atomic E-state index is 13.5. The molecular formula is C16H14FN3O. The number of aryl methyl sites for hydroxylation is 1. The van der Waals surface area contributed by atoms with E-state index in [9.17, 15) is 9.18 Å². The van der Waals surface area contributed by atoms with Crippen LogP contribution in [-0.4, -0.2) is 15.3 Å². The number of carbonyl (C=O) groups excluding carboxylic acids is 1. The molecule has 3 aromatic rings. The normalized spacial score (nSPS) is 10.8. The number of hydrogen-bond acceptors (Lipinski definition) is 2. The van der Waals surface area contributed by atoms with Crippen LogP contribution < -0.4 is 5.32 Å². The summed E-state index contributed by atoms with van der Waals surface area (Å²) in [5, 5.41) is 2.70. The lowest BCUT2D eigenvalue weighted by Crippen LogP contribution is -2.16. The molecule has 0 saturated heterocycles. The summed E-state index contributed by atoms with van der Waals surface area (Å²) in [6.07, 6.45) is 3.69. The maximum Gasteiger partial charge on any atom is 0.230 e. The van der Waals surface area contributed by atoms with Crippen molar-refractivity contribution in [3.63, 3.8) is 0 Å². The first kappa shape index (κ1) is 13.3. The molecule has 2 heterocycles. The van der Waals surface area contributed by atoms with Gasteiger partial charge in [0.2, 0.25) is 5.91 Å². The number of benzene rings is 1. The Kier molecular flexibility index (Phi) is 3.39. The summed E-state index contributed by atoms with van der Waals surface area (Å²) in [6.45, 7) is 1.68. The van der Waals surface area contributed by atoms with Crippen LogP contribution in [0.4, 0.5) is 10.1 Å². The van der Waals surface area contributed by atoms with E-state index in [0.717, 1.165) is 11.3 Å². The summed E-state index contributed by atoms with van der Waals surface area (Å²) >= 11 is 0. The summed E-state index contributed by atoms with van der Waals surface area (Å²) in [4.78, 5) is 16.2. The van der Waals surface area contributed by atoms with Gasteiger partial charge in [0.15, 0.2) is 0 Å². The molecule has 0 saturated carbocycles. The predicted molar refractivity (Wildman–Crippen MR) is 78.7 cm³/mol. The van der Waals surface area contributed by atoms with Crippen LogP contribution in [0.15, 0.2) is 48.8 Å². The molecule has 1 aromatic carbocycles. The molecule has 0 aliphatic rings. The van der Waals surface area contributed by atoms with Gasteiger partial charge in [-0.3, -0.25) is 4.79 Å². The number of anilines is 1. The van der Waals surface area contributed by atoms with Crippen LogP contribution in [-0.2, 0) is 11.2 Å². The van der Waals surface area contributed by atoms with E-state index in [2.05, 4.69) is 10.3 Å². The van der Waals surface area contributed by atoms with Gasteiger partial charge in [0, 0.05) is 23.8 Å². The molecular weight excluding hydrogens is 269 g/mol. The molecule has 0 atom stereocenters. The number of carbonyl (C=O) groups is 1. The topological polar surface area (TPSA) is 46.4 Å². The van der Waals surface area contributed by atoms with Gasteiger partial charge in [-0.2, -0.15) is 0 Å². The highest BCUT2D eigenvalue weighted by atomic mass is 19.1. The molecule has 21 heavy (non-hydrogen) atoms. The van der Waals surface area contributed by atoms with Crippen molar-refractivity contribution in [1.29, 1.82) is 0 Å². The minimum atomic E-state index is -0.329. The van der Waals surface area contributed by atoms with E-state index in [1.54, 1.807) is 25.3 Å². The van der Waals surface area contributed by atoms with Gasteiger partial charge in [0.05, 0.1) is 6.42 Å². The van der Waals surface area contributed by atoms with Gasteiger partial charge in [0.1, 0.15) is 11.5 Å². The number of aromatic nitrogens is 2. The molecule has 0 spiro atoms. The minimum Gasteiger partial charge on any atom is -0.326 e. The van der Waals surface area contributed by atoms with E-state index in [1.807, 2.05) is 28.8 Å². The van der Waals surface area contributed by atoms with Crippen molar-refractivity contribution in [2.24, 2.45) is 0 Å². The molecule has 0 fully saturated rings. The molecule has 4 nitrogen and oxygen atoms in total. The van der Waals surface area contributed by atoms with Gasteiger partial charge in [-0.25, -0.2) is 9.37 Å². The number of pyridine rings is 1. The third kappa shape index (κ3) is 2.76. The fourth-order valence-corrected chi connectivity index (χ4v) is 2.19. The van der Waals surface area contributed by atoms with E-state index >= 15 is 0 Å². The largest absolute Gasteiger partial charge is 0.326 e. The zero-order chi connectivity index (χ0) is 14.8. The number of amides is 1. The Balaban J connectivity index is 1.77. The molecule has 1 amide bonds. The van der Waals surface area contributed by atoms with E-state index in [4.69, 9.17) is 0 Å². The average Bonchev–Trinajstić information content (AvgIpc) is 2.92. The fraction of sp³-hybridized carbons (Fsp3) is 0.125. The van der Waals surface area contributed by atoms with E-state index in [-0.39, 0.29) is 18.1 Å². The molecule has 3 rings (SSSR count). The van der Waals surface area contributed by atoms with Gasteiger partial charge in [-0.05, 0) is 36.8 Å². The highest BCUT2D eigenvalue weighted by Crippen LogP contribution is 2.14. The smallest absolute Gasteiger partial charge is 0.230 e. The molecule has 0 bridgehead atoms. The van der Waals surface area contributed by atoms with Crippen LogP contribution >= 0.6 is 0 Å². The van der Waals surface area contributed by atoms with Crippen molar-refractivity contribution in [3.05, 3.63) is 65.9 Å². The lowest BCUT2D eigenvalue weighted by Gasteiger charge is -2.08. The summed E-state index contributed by atoms with van der Waals surface area (Å²) < 4.78 is 15.3. The maximum atomic E-state index is 13.5. The van der Waals surface area contributed by atoms with Crippen molar-refractivity contribution < 1.29 is 9.18 Å². The first-order valence-corrected chi connectivity index (χ1v) is 6.60. The van der Waals surface area contributed by atoms with Crippen molar-refractivity contribution in [1.82, 2.24) is 9.38 Å².